The highest BCUT2D eigenvalue weighted by Gasteiger charge is 2.10. The summed E-state index contributed by atoms with van der Waals surface area (Å²) in [6.07, 6.45) is 1.63. The van der Waals surface area contributed by atoms with E-state index in [0.717, 1.165) is 16.8 Å². The number of aryl methyl sites for hydroxylation is 1. The lowest BCUT2D eigenvalue weighted by Crippen LogP contribution is -2.21. The number of pyridine rings is 1. The second-order valence-corrected chi connectivity index (χ2v) is 4.71. The number of hydrogen-bond acceptors (Lipinski definition) is 3. The first kappa shape index (κ1) is 13.1. The molecule has 0 spiro atoms. The fraction of sp³-hybridized carbons (Fsp3) is 0.200. The molecule has 1 aromatic heterocycles. The number of amides is 1. The van der Waals surface area contributed by atoms with Crippen molar-refractivity contribution in [2.75, 3.05) is 19.8 Å². The van der Waals surface area contributed by atoms with Crippen molar-refractivity contribution in [3.05, 3.63) is 47.7 Å². The molecule has 1 aromatic carbocycles. The smallest absolute Gasteiger partial charge is 0.253 e. The van der Waals surface area contributed by atoms with E-state index in [1.807, 2.05) is 31.2 Å². The van der Waals surface area contributed by atoms with Crippen LogP contribution in [-0.2, 0) is 0 Å². The lowest BCUT2D eigenvalue weighted by atomic mass is 10.0. The molecule has 4 heteroatoms. The predicted octanol–water partition coefficient (Wildman–Crippen LogP) is 2.34. The minimum absolute atomic E-state index is 0.0186. The van der Waals surface area contributed by atoms with E-state index in [2.05, 4.69) is 4.98 Å². The maximum Gasteiger partial charge on any atom is 0.253 e. The van der Waals surface area contributed by atoms with Crippen LogP contribution in [0.3, 0.4) is 0 Å². The minimum atomic E-state index is -0.0186. The standard InChI is InChI=1S/C15H17N3O/c1-10-7-13(16)9-17-14(10)11-5-4-6-12(8-11)15(19)18(2)3/h4-9H,16H2,1-3H3. The Kier molecular flexibility index (Phi) is 3.51. The number of nitrogens with two attached hydrogens (primary N) is 1. The summed E-state index contributed by atoms with van der Waals surface area (Å²) in [5.74, 6) is -0.0186. The van der Waals surface area contributed by atoms with Gasteiger partial charge >= 0.3 is 0 Å². The molecule has 98 valence electrons. The predicted molar refractivity (Wildman–Crippen MR) is 76.8 cm³/mol. The van der Waals surface area contributed by atoms with Gasteiger partial charge in [0.2, 0.25) is 0 Å². The molecule has 1 amide bonds. The Morgan fingerprint density at radius 2 is 2.00 bits per heavy atom. The van der Waals surface area contributed by atoms with E-state index in [1.165, 1.54) is 0 Å². The molecule has 0 bridgehead atoms. The van der Waals surface area contributed by atoms with E-state index in [9.17, 15) is 4.79 Å². The number of carbonyl (C=O) groups is 1. The Hall–Kier alpha value is -2.36. The SMILES string of the molecule is Cc1cc(N)cnc1-c1cccc(C(=O)N(C)C)c1. The summed E-state index contributed by atoms with van der Waals surface area (Å²) >= 11 is 0. The van der Waals surface area contributed by atoms with Crippen molar-refractivity contribution < 1.29 is 4.79 Å². The molecule has 1 heterocycles. The van der Waals surface area contributed by atoms with Crippen LogP contribution in [0.2, 0.25) is 0 Å². The van der Waals surface area contributed by atoms with E-state index < -0.39 is 0 Å². The first-order valence-corrected chi connectivity index (χ1v) is 6.03. The second-order valence-electron chi connectivity index (χ2n) is 4.71. The van der Waals surface area contributed by atoms with Gasteiger partial charge < -0.3 is 10.6 Å². The van der Waals surface area contributed by atoms with Crippen LogP contribution < -0.4 is 5.73 Å². The molecular weight excluding hydrogens is 238 g/mol. The van der Waals surface area contributed by atoms with Crippen LogP contribution in [0.1, 0.15) is 15.9 Å². The van der Waals surface area contributed by atoms with Crippen LogP contribution in [0.4, 0.5) is 5.69 Å². The monoisotopic (exact) mass is 255 g/mol. The van der Waals surface area contributed by atoms with Crippen LogP contribution >= 0.6 is 0 Å². The number of nitrogen functional groups attached to an aromatic ring is 1. The van der Waals surface area contributed by atoms with Crippen LogP contribution in [0.15, 0.2) is 36.5 Å². The first-order valence-electron chi connectivity index (χ1n) is 6.03. The van der Waals surface area contributed by atoms with Crippen molar-refractivity contribution in [2.45, 2.75) is 6.92 Å². The Morgan fingerprint density at radius 1 is 1.26 bits per heavy atom. The molecule has 0 aliphatic rings. The van der Waals surface area contributed by atoms with E-state index in [1.54, 1.807) is 31.3 Å². The molecular formula is C15H17N3O. The van der Waals surface area contributed by atoms with Gasteiger partial charge in [0.05, 0.1) is 17.6 Å². The van der Waals surface area contributed by atoms with Crippen LogP contribution in [0, 0.1) is 6.92 Å². The molecule has 2 rings (SSSR count). The molecule has 0 radical (unpaired) electrons. The highest BCUT2D eigenvalue weighted by molar-refractivity contribution is 5.95. The van der Waals surface area contributed by atoms with Crippen LogP contribution in [0.5, 0.6) is 0 Å². The molecule has 0 saturated carbocycles. The topological polar surface area (TPSA) is 59.2 Å². The van der Waals surface area contributed by atoms with E-state index in [-0.39, 0.29) is 5.91 Å². The number of hydrogen-bond donors (Lipinski definition) is 1. The number of aromatic nitrogens is 1. The molecule has 2 N–H and O–H groups in total. The van der Waals surface area contributed by atoms with Crippen molar-refractivity contribution in [3.8, 4) is 11.3 Å². The lowest BCUT2D eigenvalue weighted by molar-refractivity contribution is 0.0827. The zero-order chi connectivity index (χ0) is 14.0. The molecule has 0 saturated heterocycles. The van der Waals surface area contributed by atoms with Gasteiger partial charge in [0, 0.05) is 25.2 Å². The van der Waals surface area contributed by atoms with Crippen molar-refractivity contribution >= 4 is 11.6 Å². The summed E-state index contributed by atoms with van der Waals surface area (Å²) < 4.78 is 0. The van der Waals surface area contributed by atoms with E-state index >= 15 is 0 Å². The average molecular weight is 255 g/mol. The molecule has 4 nitrogen and oxygen atoms in total. The van der Waals surface area contributed by atoms with Crippen LogP contribution in [0.25, 0.3) is 11.3 Å². The quantitative estimate of drug-likeness (QED) is 0.896. The average Bonchev–Trinajstić information content (AvgIpc) is 2.38. The highest BCUT2D eigenvalue weighted by atomic mass is 16.2. The fourth-order valence-electron chi connectivity index (χ4n) is 1.96. The molecule has 0 aliphatic carbocycles. The fourth-order valence-corrected chi connectivity index (χ4v) is 1.96. The molecule has 0 unspecified atom stereocenters. The zero-order valence-corrected chi connectivity index (χ0v) is 11.3. The summed E-state index contributed by atoms with van der Waals surface area (Å²) in [4.78, 5) is 17.9. The Balaban J connectivity index is 2.46. The third kappa shape index (κ3) is 2.73. The summed E-state index contributed by atoms with van der Waals surface area (Å²) in [6.45, 7) is 1.96. The summed E-state index contributed by atoms with van der Waals surface area (Å²) in [6, 6.07) is 9.34. The van der Waals surface area contributed by atoms with Gasteiger partial charge in [-0.05, 0) is 30.7 Å². The molecule has 0 fully saturated rings. The number of nitrogens with zero attached hydrogens (tertiary/aromatic N) is 2. The Bertz CT molecular complexity index is 621. The van der Waals surface area contributed by atoms with Gasteiger partial charge in [-0.2, -0.15) is 0 Å². The van der Waals surface area contributed by atoms with Gasteiger partial charge in [0.1, 0.15) is 0 Å². The maximum atomic E-state index is 12.0. The third-order valence-corrected chi connectivity index (χ3v) is 2.89. The number of anilines is 1. The Morgan fingerprint density at radius 3 is 2.63 bits per heavy atom. The van der Waals surface area contributed by atoms with Gasteiger partial charge in [0.25, 0.3) is 5.91 Å². The van der Waals surface area contributed by atoms with Gasteiger partial charge in [-0.15, -0.1) is 0 Å². The zero-order valence-electron chi connectivity index (χ0n) is 11.3. The maximum absolute atomic E-state index is 12.0. The van der Waals surface area contributed by atoms with E-state index in [0.29, 0.717) is 11.3 Å². The van der Waals surface area contributed by atoms with Crippen LogP contribution in [-0.4, -0.2) is 29.9 Å². The second kappa shape index (κ2) is 5.10. The minimum Gasteiger partial charge on any atom is -0.397 e. The number of benzene rings is 1. The molecule has 0 atom stereocenters. The lowest BCUT2D eigenvalue weighted by Gasteiger charge is -2.12. The normalized spacial score (nSPS) is 10.3. The van der Waals surface area contributed by atoms with Crippen molar-refractivity contribution in [3.63, 3.8) is 0 Å². The van der Waals surface area contributed by atoms with Gasteiger partial charge in [-0.3, -0.25) is 9.78 Å². The molecule has 19 heavy (non-hydrogen) atoms. The number of carbonyl (C=O) groups excluding carboxylic acids is 1. The summed E-state index contributed by atoms with van der Waals surface area (Å²) in [5.41, 5.74) is 9.76. The Labute approximate surface area is 112 Å². The highest BCUT2D eigenvalue weighted by Crippen LogP contribution is 2.23. The summed E-state index contributed by atoms with van der Waals surface area (Å²) in [7, 11) is 3.48. The first-order chi connectivity index (χ1) is 8.99. The van der Waals surface area contributed by atoms with Gasteiger partial charge in [-0.25, -0.2) is 0 Å². The summed E-state index contributed by atoms with van der Waals surface area (Å²) in [5, 5.41) is 0. The third-order valence-electron chi connectivity index (χ3n) is 2.89. The van der Waals surface area contributed by atoms with Crippen molar-refractivity contribution in [1.29, 1.82) is 0 Å². The number of rotatable bonds is 2. The van der Waals surface area contributed by atoms with Crippen molar-refractivity contribution in [1.82, 2.24) is 9.88 Å². The van der Waals surface area contributed by atoms with Gasteiger partial charge in [-0.1, -0.05) is 12.1 Å². The van der Waals surface area contributed by atoms with E-state index in [4.69, 9.17) is 5.73 Å². The molecule has 0 aliphatic heterocycles. The molecule has 2 aromatic rings. The largest absolute Gasteiger partial charge is 0.397 e. The van der Waals surface area contributed by atoms with Crippen molar-refractivity contribution in [2.24, 2.45) is 0 Å². The van der Waals surface area contributed by atoms with Gasteiger partial charge in [0.15, 0.2) is 0 Å².